The summed E-state index contributed by atoms with van der Waals surface area (Å²) in [5, 5.41) is 3.00. The molecule has 2 aromatic carbocycles. The molecule has 4 nitrogen and oxygen atoms in total. The van der Waals surface area contributed by atoms with E-state index in [1.54, 1.807) is 11.9 Å². The second kappa shape index (κ2) is 8.05. The maximum Gasteiger partial charge on any atom is 0.234 e. The Hall–Kier alpha value is -1.82. The first kappa shape index (κ1) is 18.5. The molecule has 0 aliphatic carbocycles. The highest BCUT2D eigenvalue weighted by Crippen LogP contribution is 2.38. The number of carbonyl (C=O) groups is 2. The van der Waals surface area contributed by atoms with Crippen molar-refractivity contribution in [1.29, 1.82) is 0 Å². The normalized spacial score (nSPS) is 20.7. The molecule has 2 aromatic rings. The smallest absolute Gasteiger partial charge is 0.234 e. The third kappa shape index (κ3) is 4.05. The van der Waals surface area contributed by atoms with Crippen molar-refractivity contribution in [3.05, 3.63) is 53.1 Å². The van der Waals surface area contributed by atoms with Crippen LogP contribution in [0.3, 0.4) is 0 Å². The number of nitrogens with zero attached hydrogens (tertiary/aromatic N) is 1. The zero-order valence-electron chi connectivity index (χ0n) is 14.9. The summed E-state index contributed by atoms with van der Waals surface area (Å²) in [5.41, 5.74) is 2.73. The molecule has 0 saturated carbocycles. The van der Waals surface area contributed by atoms with E-state index in [9.17, 15) is 9.59 Å². The van der Waals surface area contributed by atoms with E-state index >= 15 is 0 Å². The van der Waals surface area contributed by atoms with Crippen LogP contribution in [0.5, 0.6) is 0 Å². The van der Waals surface area contributed by atoms with Gasteiger partial charge in [-0.3, -0.25) is 14.9 Å². The summed E-state index contributed by atoms with van der Waals surface area (Å²) in [6.45, 7) is 2.29. The van der Waals surface area contributed by atoms with Gasteiger partial charge < -0.3 is 0 Å². The maximum absolute atomic E-state index is 12.2. The monoisotopic (exact) mass is 400 g/mol. The minimum Gasteiger partial charge on any atom is -0.296 e. The Labute approximate surface area is 168 Å². The van der Waals surface area contributed by atoms with E-state index in [1.807, 2.05) is 18.2 Å². The molecule has 2 amide bonds. The third-order valence-corrected chi connectivity index (χ3v) is 6.64. The van der Waals surface area contributed by atoms with E-state index in [-0.39, 0.29) is 17.7 Å². The van der Waals surface area contributed by atoms with Gasteiger partial charge >= 0.3 is 0 Å². The van der Waals surface area contributed by atoms with Crippen LogP contribution in [0.1, 0.15) is 37.2 Å². The van der Waals surface area contributed by atoms with E-state index < -0.39 is 0 Å². The van der Waals surface area contributed by atoms with Crippen LogP contribution in [0.2, 0.25) is 5.02 Å². The molecule has 0 aromatic heterocycles. The van der Waals surface area contributed by atoms with Crippen LogP contribution >= 0.6 is 23.5 Å². The van der Waals surface area contributed by atoms with Crippen molar-refractivity contribution in [2.45, 2.75) is 36.5 Å². The molecule has 140 valence electrons. The van der Waals surface area contributed by atoms with Gasteiger partial charge in [-0.25, -0.2) is 4.31 Å². The van der Waals surface area contributed by atoms with E-state index in [2.05, 4.69) is 33.9 Å². The lowest BCUT2D eigenvalue weighted by atomic mass is 9.88. The van der Waals surface area contributed by atoms with Gasteiger partial charge in [-0.05, 0) is 54.5 Å². The minimum atomic E-state index is -0.375. The number of halogens is 1. The maximum atomic E-state index is 12.2. The molecule has 1 N–H and O–H groups in total. The van der Waals surface area contributed by atoms with Crippen molar-refractivity contribution >= 4 is 35.4 Å². The summed E-state index contributed by atoms with van der Waals surface area (Å²) >= 11 is 8.48. The van der Waals surface area contributed by atoms with E-state index in [1.165, 1.54) is 17.7 Å². The quantitative estimate of drug-likeness (QED) is 0.600. The summed E-state index contributed by atoms with van der Waals surface area (Å²) < 4.78 is 2.39. The van der Waals surface area contributed by atoms with E-state index in [0.717, 1.165) is 29.8 Å². The Kier molecular flexibility index (Phi) is 5.53. The van der Waals surface area contributed by atoms with Gasteiger partial charge in [0.1, 0.15) is 0 Å². The Bertz CT molecular complexity index is 863. The van der Waals surface area contributed by atoms with Crippen LogP contribution < -0.4 is 5.32 Å². The molecule has 2 fully saturated rings. The summed E-state index contributed by atoms with van der Waals surface area (Å²) in [5.74, 6) is -0.850. The van der Waals surface area contributed by atoms with Crippen LogP contribution in [0.4, 0.5) is 0 Å². The second-order valence-electron chi connectivity index (χ2n) is 6.96. The first-order chi connectivity index (χ1) is 13.1. The number of imide groups is 1. The first-order valence-corrected chi connectivity index (χ1v) is 10.4. The first-order valence-electron chi connectivity index (χ1n) is 9.27. The zero-order valence-corrected chi connectivity index (χ0v) is 16.5. The lowest BCUT2D eigenvalue weighted by Crippen LogP contribution is -2.39. The molecule has 27 heavy (non-hydrogen) atoms. The van der Waals surface area contributed by atoms with Gasteiger partial charge in [0.15, 0.2) is 0 Å². The minimum absolute atomic E-state index is 0.213. The van der Waals surface area contributed by atoms with Crippen molar-refractivity contribution in [2.24, 2.45) is 0 Å². The van der Waals surface area contributed by atoms with Crippen LogP contribution in [-0.4, -0.2) is 29.2 Å². The summed E-state index contributed by atoms with van der Waals surface area (Å²) in [7, 11) is 0. The van der Waals surface area contributed by atoms with Gasteiger partial charge in [0, 0.05) is 30.0 Å². The van der Waals surface area contributed by atoms with Crippen molar-refractivity contribution in [2.75, 3.05) is 13.1 Å². The number of rotatable bonds is 4. The van der Waals surface area contributed by atoms with E-state index in [0.29, 0.717) is 17.9 Å². The molecular weight excluding hydrogens is 380 g/mol. The molecule has 1 unspecified atom stereocenters. The topological polar surface area (TPSA) is 49.4 Å². The highest BCUT2D eigenvalue weighted by atomic mass is 35.5. The van der Waals surface area contributed by atoms with Crippen LogP contribution in [-0.2, 0) is 9.59 Å². The van der Waals surface area contributed by atoms with E-state index in [4.69, 9.17) is 11.6 Å². The second-order valence-corrected chi connectivity index (χ2v) is 8.51. The number of piperidine rings is 1. The average Bonchev–Trinajstić information content (AvgIpc) is 3.16. The van der Waals surface area contributed by atoms with Crippen molar-refractivity contribution in [1.82, 2.24) is 9.62 Å². The summed E-state index contributed by atoms with van der Waals surface area (Å²) in [6, 6.07) is 14.2. The molecule has 4 rings (SSSR count). The number of nitrogens with one attached hydrogen (secondary N) is 1. The van der Waals surface area contributed by atoms with Crippen LogP contribution in [0.15, 0.2) is 47.4 Å². The number of benzene rings is 2. The lowest BCUT2D eigenvalue weighted by molar-refractivity contribution is -0.134. The largest absolute Gasteiger partial charge is 0.296 e. The fourth-order valence-electron chi connectivity index (χ4n) is 3.66. The highest BCUT2D eigenvalue weighted by Gasteiger charge is 2.30. The van der Waals surface area contributed by atoms with Gasteiger partial charge in [0.2, 0.25) is 11.8 Å². The standard InChI is InChI=1S/C21H21ClN2O2S/c22-20-16(4-3-5-17(20)18-10-11-19(25)23-21(18)26)14-6-8-15(9-7-14)27-24-12-1-2-13-24/h3-9,18H,1-2,10-13H2,(H,23,25,26). The van der Waals surface area contributed by atoms with Crippen molar-refractivity contribution < 1.29 is 9.59 Å². The Balaban J connectivity index is 1.57. The number of amides is 2. The molecule has 1 atom stereocenters. The Morgan fingerprint density at radius 2 is 1.78 bits per heavy atom. The summed E-state index contributed by atoms with van der Waals surface area (Å²) in [6.07, 6.45) is 3.39. The zero-order chi connectivity index (χ0) is 18.8. The van der Waals surface area contributed by atoms with Gasteiger partial charge in [0.25, 0.3) is 0 Å². The SMILES string of the molecule is O=C1CCC(c2cccc(-c3ccc(SN4CCCC4)cc3)c2Cl)C(=O)N1. The summed E-state index contributed by atoms with van der Waals surface area (Å²) in [4.78, 5) is 24.8. The molecule has 2 heterocycles. The van der Waals surface area contributed by atoms with Gasteiger partial charge in [-0.2, -0.15) is 0 Å². The third-order valence-electron chi connectivity index (χ3n) is 5.11. The van der Waals surface area contributed by atoms with Crippen LogP contribution in [0.25, 0.3) is 11.1 Å². The highest BCUT2D eigenvalue weighted by molar-refractivity contribution is 7.97. The van der Waals surface area contributed by atoms with Crippen LogP contribution in [0, 0.1) is 0 Å². The number of hydrogen-bond donors (Lipinski definition) is 1. The van der Waals surface area contributed by atoms with Gasteiger partial charge in [0.05, 0.1) is 10.9 Å². The number of carbonyl (C=O) groups excluding carboxylic acids is 2. The predicted octanol–water partition coefficient (Wildman–Crippen LogP) is 4.63. The predicted molar refractivity (Wildman–Crippen MR) is 109 cm³/mol. The fraction of sp³-hybridized carbons (Fsp3) is 0.333. The van der Waals surface area contributed by atoms with Crippen molar-refractivity contribution in [3.8, 4) is 11.1 Å². The molecule has 2 aliphatic rings. The number of hydrogen-bond acceptors (Lipinski definition) is 4. The Morgan fingerprint density at radius 1 is 1.04 bits per heavy atom. The molecule has 2 saturated heterocycles. The molecular formula is C21H21ClN2O2S. The molecule has 6 heteroatoms. The fourth-order valence-corrected chi connectivity index (χ4v) is 5.02. The Morgan fingerprint density at radius 3 is 2.48 bits per heavy atom. The average molecular weight is 401 g/mol. The van der Waals surface area contributed by atoms with Gasteiger partial charge in [-0.15, -0.1) is 0 Å². The molecule has 0 bridgehead atoms. The molecule has 2 aliphatic heterocycles. The lowest BCUT2D eigenvalue weighted by Gasteiger charge is -2.23. The van der Waals surface area contributed by atoms with Gasteiger partial charge in [-0.1, -0.05) is 41.9 Å². The molecule has 0 spiro atoms. The molecule has 0 radical (unpaired) electrons. The van der Waals surface area contributed by atoms with Crippen molar-refractivity contribution in [3.63, 3.8) is 0 Å².